The van der Waals surface area contributed by atoms with E-state index < -0.39 is 0 Å². The van der Waals surface area contributed by atoms with E-state index >= 15 is 0 Å². The molecule has 100 valence electrons. The molecule has 0 fully saturated rings. The second-order valence-electron chi connectivity index (χ2n) is 3.96. The summed E-state index contributed by atoms with van der Waals surface area (Å²) in [6, 6.07) is 7.36. The van der Waals surface area contributed by atoms with Gasteiger partial charge < -0.3 is 9.84 Å². The predicted octanol–water partition coefficient (Wildman–Crippen LogP) is 0.865. The van der Waals surface area contributed by atoms with Crippen molar-refractivity contribution in [2.75, 3.05) is 6.61 Å². The first-order valence-corrected chi connectivity index (χ1v) is 6.00. The fraction of sp³-hybridized carbons (Fsp3) is 0.308. The molecule has 2 aromatic rings. The van der Waals surface area contributed by atoms with Gasteiger partial charge in [0.1, 0.15) is 5.69 Å². The van der Waals surface area contributed by atoms with Crippen molar-refractivity contribution in [2.24, 2.45) is 0 Å². The lowest BCUT2D eigenvalue weighted by Gasteiger charge is -2.04. The number of ether oxygens (including phenoxy) is 1. The van der Waals surface area contributed by atoms with E-state index in [2.05, 4.69) is 10.3 Å². The summed E-state index contributed by atoms with van der Waals surface area (Å²) in [6.45, 7) is 2.03. The van der Waals surface area contributed by atoms with Gasteiger partial charge in [0.25, 0.3) is 0 Å². The van der Waals surface area contributed by atoms with Gasteiger partial charge in [0.05, 0.1) is 31.5 Å². The number of hydrogen-bond acceptors (Lipinski definition) is 5. The number of aliphatic hydroxyl groups excluding tert-OH is 1. The van der Waals surface area contributed by atoms with Crippen LogP contribution in [0.2, 0.25) is 0 Å². The fourth-order valence-corrected chi connectivity index (χ4v) is 1.64. The van der Waals surface area contributed by atoms with Gasteiger partial charge in [0, 0.05) is 0 Å². The van der Waals surface area contributed by atoms with Gasteiger partial charge in [-0.3, -0.25) is 4.79 Å². The van der Waals surface area contributed by atoms with Crippen molar-refractivity contribution in [3.8, 4) is 5.69 Å². The second-order valence-corrected chi connectivity index (χ2v) is 3.96. The molecule has 0 unspecified atom stereocenters. The van der Waals surface area contributed by atoms with Crippen molar-refractivity contribution in [1.82, 2.24) is 15.0 Å². The first-order chi connectivity index (χ1) is 9.22. The van der Waals surface area contributed by atoms with Crippen LogP contribution in [-0.2, 0) is 22.6 Å². The molecule has 2 rings (SSSR count). The summed E-state index contributed by atoms with van der Waals surface area (Å²) in [4.78, 5) is 11.3. The van der Waals surface area contributed by atoms with Gasteiger partial charge in [-0.25, -0.2) is 4.68 Å². The number of aromatic nitrogens is 3. The summed E-state index contributed by atoms with van der Waals surface area (Å²) in [6.07, 6.45) is 1.91. The van der Waals surface area contributed by atoms with Crippen molar-refractivity contribution in [2.45, 2.75) is 20.0 Å². The molecule has 1 heterocycles. The van der Waals surface area contributed by atoms with Crippen LogP contribution in [0.4, 0.5) is 0 Å². The molecule has 0 spiro atoms. The van der Waals surface area contributed by atoms with Crippen molar-refractivity contribution in [1.29, 1.82) is 0 Å². The zero-order valence-corrected chi connectivity index (χ0v) is 10.6. The first-order valence-electron chi connectivity index (χ1n) is 6.00. The van der Waals surface area contributed by atoms with E-state index in [1.54, 1.807) is 17.8 Å². The van der Waals surface area contributed by atoms with E-state index in [9.17, 15) is 4.79 Å². The van der Waals surface area contributed by atoms with Crippen LogP contribution in [0, 0.1) is 0 Å². The van der Waals surface area contributed by atoms with E-state index in [1.807, 2.05) is 24.3 Å². The number of aliphatic hydroxyl groups is 1. The summed E-state index contributed by atoms with van der Waals surface area (Å²) in [5.74, 6) is -0.237. The largest absolute Gasteiger partial charge is 0.466 e. The van der Waals surface area contributed by atoms with Gasteiger partial charge in [-0.2, -0.15) is 0 Å². The van der Waals surface area contributed by atoms with Crippen LogP contribution in [0.5, 0.6) is 0 Å². The third-order valence-electron chi connectivity index (χ3n) is 2.56. The summed E-state index contributed by atoms with van der Waals surface area (Å²) < 4.78 is 6.45. The molecule has 0 atom stereocenters. The molecule has 0 aliphatic rings. The maximum absolute atomic E-state index is 11.3. The maximum atomic E-state index is 11.3. The van der Waals surface area contributed by atoms with Gasteiger partial charge in [-0.05, 0) is 24.6 Å². The molecule has 1 N–H and O–H groups in total. The van der Waals surface area contributed by atoms with Crippen LogP contribution in [0.1, 0.15) is 18.2 Å². The molecule has 0 radical (unpaired) electrons. The topological polar surface area (TPSA) is 77.2 Å². The van der Waals surface area contributed by atoms with Gasteiger partial charge in [-0.15, -0.1) is 5.10 Å². The van der Waals surface area contributed by atoms with Crippen molar-refractivity contribution in [3.63, 3.8) is 0 Å². The van der Waals surface area contributed by atoms with Gasteiger partial charge >= 0.3 is 5.97 Å². The Kier molecular flexibility index (Phi) is 4.25. The van der Waals surface area contributed by atoms with Crippen LogP contribution in [0.3, 0.4) is 0 Å². The van der Waals surface area contributed by atoms with E-state index in [1.165, 1.54) is 0 Å². The molecule has 1 aromatic carbocycles. The summed E-state index contributed by atoms with van der Waals surface area (Å²) in [5, 5.41) is 16.6. The van der Waals surface area contributed by atoms with Crippen LogP contribution in [0.25, 0.3) is 5.69 Å². The number of carbonyl (C=O) groups excluding carboxylic acids is 1. The Morgan fingerprint density at radius 3 is 2.68 bits per heavy atom. The van der Waals surface area contributed by atoms with Crippen molar-refractivity contribution < 1.29 is 14.6 Å². The first kappa shape index (κ1) is 13.2. The summed E-state index contributed by atoms with van der Waals surface area (Å²) in [7, 11) is 0. The molecule has 19 heavy (non-hydrogen) atoms. The average molecular weight is 261 g/mol. The van der Waals surface area contributed by atoms with Crippen LogP contribution >= 0.6 is 0 Å². The van der Waals surface area contributed by atoms with E-state index in [4.69, 9.17) is 9.84 Å². The molecule has 0 amide bonds. The highest BCUT2D eigenvalue weighted by atomic mass is 16.5. The molecule has 6 heteroatoms. The lowest BCUT2D eigenvalue weighted by molar-refractivity contribution is -0.142. The Bertz CT molecular complexity index is 549. The normalized spacial score (nSPS) is 10.4. The third-order valence-corrected chi connectivity index (χ3v) is 2.56. The Morgan fingerprint density at radius 1 is 1.37 bits per heavy atom. The zero-order chi connectivity index (χ0) is 13.7. The average Bonchev–Trinajstić information content (AvgIpc) is 2.88. The lowest BCUT2D eigenvalue weighted by Crippen LogP contribution is -2.07. The van der Waals surface area contributed by atoms with Gasteiger partial charge in [0.15, 0.2) is 0 Å². The molecule has 1 aromatic heterocycles. The minimum Gasteiger partial charge on any atom is -0.466 e. The number of benzene rings is 1. The summed E-state index contributed by atoms with van der Waals surface area (Å²) in [5.41, 5.74) is 2.21. The second kappa shape index (κ2) is 6.10. The van der Waals surface area contributed by atoms with Crippen molar-refractivity contribution >= 4 is 5.97 Å². The molecule has 0 saturated heterocycles. The molecular formula is C13H15N3O3. The Labute approximate surface area is 110 Å². The maximum Gasteiger partial charge on any atom is 0.310 e. The fourth-order valence-electron chi connectivity index (χ4n) is 1.64. The smallest absolute Gasteiger partial charge is 0.310 e. The molecule has 6 nitrogen and oxygen atoms in total. The number of rotatable bonds is 5. The zero-order valence-electron chi connectivity index (χ0n) is 10.6. The standard InChI is InChI=1S/C13H15N3O3/c1-2-19-13(18)7-10-3-5-12(6-4-10)16-8-11(9-17)14-15-16/h3-6,8,17H,2,7,9H2,1H3. The molecular weight excluding hydrogens is 246 g/mol. The van der Waals surface area contributed by atoms with E-state index in [0.717, 1.165) is 11.3 Å². The summed E-state index contributed by atoms with van der Waals surface area (Å²) >= 11 is 0. The van der Waals surface area contributed by atoms with Gasteiger partial charge in [-0.1, -0.05) is 17.3 Å². The monoisotopic (exact) mass is 261 g/mol. The SMILES string of the molecule is CCOC(=O)Cc1ccc(-n2cc(CO)nn2)cc1. The highest BCUT2D eigenvalue weighted by Gasteiger charge is 2.05. The number of esters is 1. The van der Waals surface area contributed by atoms with Crippen LogP contribution < -0.4 is 0 Å². The highest BCUT2D eigenvalue weighted by Crippen LogP contribution is 2.10. The van der Waals surface area contributed by atoms with Gasteiger partial charge in [0.2, 0.25) is 0 Å². The number of carbonyl (C=O) groups is 1. The number of hydrogen-bond donors (Lipinski definition) is 1. The minimum atomic E-state index is -0.237. The molecule has 0 aliphatic carbocycles. The Morgan fingerprint density at radius 2 is 2.11 bits per heavy atom. The molecule has 0 saturated carbocycles. The minimum absolute atomic E-state index is 0.138. The van der Waals surface area contributed by atoms with Crippen molar-refractivity contribution in [3.05, 3.63) is 41.7 Å². The van der Waals surface area contributed by atoms with Crippen LogP contribution in [-0.4, -0.2) is 32.7 Å². The van der Waals surface area contributed by atoms with Crippen LogP contribution in [0.15, 0.2) is 30.5 Å². The van der Waals surface area contributed by atoms with E-state index in [-0.39, 0.29) is 19.0 Å². The number of nitrogens with zero attached hydrogens (tertiary/aromatic N) is 3. The predicted molar refractivity (Wildman–Crippen MR) is 67.6 cm³/mol. The molecule has 0 bridgehead atoms. The van der Waals surface area contributed by atoms with E-state index in [0.29, 0.717) is 12.3 Å². The Balaban J connectivity index is 2.07. The quantitative estimate of drug-likeness (QED) is 0.808. The lowest BCUT2D eigenvalue weighted by atomic mass is 10.1. The Hall–Kier alpha value is -2.21. The third kappa shape index (κ3) is 3.38. The highest BCUT2D eigenvalue weighted by molar-refractivity contribution is 5.72. The molecule has 0 aliphatic heterocycles.